The normalized spacial score (nSPS) is 10.0. The van der Waals surface area contributed by atoms with Crippen LogP contribution in [0.1, 0.15) is 0 Å². The van der Waals surface area contributed by atoms with E-state index in [0.717, 1.165) is 23.7 Å². The fourth-order valence-corrected chi connectivity index (χ4v) is 1.49. The van der Waals surface area contributed by atoms with Crippen LogP contribution in [0, 0.1) is 11.6 Å². The molecule has 0 aliphatic heterocycles. The first-order valence-electron chi connectivity index (χ1n) is 4.45. The highest BCUT2D eigenvalue weighted by Gasteiger charge is 2.07. The van der Waals surface area contributed by atoms with Crippen molar-refractivity contribution < 1.29 is 13.6 Å². The van der Waals surface area contributed by atoms with Crippen molar-refractivity contribution in [1.29, 1.82) is 0 Å². The van der Waals surface area contributed by atoms with Crippen molar-refractivity contribution in [2.45, 2.75) is 0 Å². The molecule has 1 aromatic carbocycles. The maximum Gasteiger partial charge on any atom is 0.324 e. The summed E-state index contributed by atoms with van der Waals surface area (Å²) in [5.41, 5.74) is 0.152. The molecular formula is C9H6F2N4OS. The average molecular weight is 256 g/mol. The van der Waals surface area contributed by atoms with E-state index >= 15 is 0 Å². The predicted molar refractivity (Wildman–Crippen MR) is 58.9 cm³/mol. The quantitative estimate of drug-likeness (QED) is 0.867. The van der Waals surface area contributed by atoms with Crippen molar-refractivity contribution in [2.75, 3.05) is 10.6 Å². The van der Waals surface area contributed by atoms with Gasteiger partial charge in [0.15, 0.2) is 11.6 Å². The zero-order valence-corrected chi connectivity index (χ0v) is 9.09. The molecule has 2 rings (SSSR count). The second kappa shape index (κ2) is 4.83. The molecule has 8 heteroatoms. The van der Waals surface area contributed by atoms with Gasteiger partial charge in [0.05, 0.1) is 6.20 Å². The van der Waals surface area contributed by atoms with Crippen molar-refractivity contribution in [3.8, 4) is 0 Å². The lowest BCUT2D eigenvalue weighted by Crippen LogP contribution is -2.18. The molecule has 88 valence electrons. The Morgan fingerprint density at radius 1 is 1.24 bits per heavy atom. The molecule has 0 spiro atoms. The van der Waals surface area contributed by atoms with Crippen molar-refractivity contribution in [2.24, 2.45) is 0 Å². The topological polar surface area (TPSA) is 66.9 Å². The van der Waals surface area contributed by atoms with E-state index in [0.29, 0.717) is 5.00 Å². The third-order valence-corrected chi connectivity index (χ3v) is 2.36. The van der Waals surface area contributed by atoms with E-state index in [2.05, 4.69) is 20.2 Å². The van der Waals surface area contributed by atoms with Gasteiger partial charge in [-0.1, -0.05) is 4.49 Å². The molecule has 1 aromatic heterocycles. The highest BCUT2D eigenvalue weighted by molar-refractivity contribution is 7.10. The molecule has 5 nitrogen and oxygen atoms in total. The van der Waals surface area contributed by atoms with Crippen LogP contribution in [0.25, 0.3) is 0 Å². The van der Waals surface area contributed by atoms with Gasteiger partial charge < -0.3 is 5.32 Å². The minimum absolute atomic E-state index is 0.152. The summed E-state index contributed by atoms with van der Waals surface area (Å²) in [6, 6.07) is 2.49. The average Bonchev–Trinajstić information content (AvgIpc) is 2.76. The molecule has 2 aromatic rings. The fraction of sp³-hybridized carbons (Fsp3) is 0. The summed E-state index contributed by atoms with van der Waals surface area (Å²) < 4.78 is 29.0. The maximum absolute atomic E-state index is 12.8. The molecular weight excluding hydrogens is 250 g/mol. The predicted octanol–water partition coefficient (Wildman–Crippen LogP) is 2.46. The van der Waals surface area contributed by atoms with E-state index in [1.54, 1.807) is 0 Å². The number of carbonyl (C=O) groups is 1. The molecule has 0 saturated carbocycles. The monoisotopic (exact) mass is 256 g/mol. The maximum atomic E-state index is 12.8. The largest absolute Gasteiger partial charge is 0.324 e. The molecule has 0 aliphatic rings. The third kappa shape index (κ3) is 2.94. The van der Waals surface area contributed by atoms with Gasteiger partial charge in [0, 0.05) is 23.3 Å². The number of hydrogen-bond acceptors (Lipinski definition) is 4. The van der Waals surface area contributed by atoms with E-state index in [-0.39, 0.29) is 5.69 Å². The molecule has 17 heavy (non-hydrogen) atoms. The van der Waals surface area contributed by atoms with Gasteiger partial charge in [-0.25, -0.2) is 13.6 Å². The SMILES string of the molecule is O=C(Nc1ccc(F)c(F)c1)Nc1cnns1. The number of hydrogen-bond donors (Lipinski definition) is 2. The van der Waals surface area contributed by atoms with Gasteiger partial charge in [-0.3, -0.25) is 5.32 Å². The first-order valence-corrected chi connectivity index (χ1v) is 5.23. The number of urea groups is 1. The molecule has 0 saturated heterocycles. The summed E-state index contributed by atoms with van der Waals surface area (Å²) in [5.74, 6) is -2.00. The second-order valence-electron chi connectivity index (χ2n) is 2.99. The van der Waals surface area contributed by atoms with Gasteiger partial charge in [0.1, 0.15) is 5.00 Å². The Balaban J connectivity index is 2.00. The van der Waals surface area contributed by atoms with Crippen molar-refractivity contribution >= 4 is 28.3 Å². The minimum Gasteiger partial charge on any atom is -0.308 e. The Morgan fingerprint density at radius 2 is 2.06 bits per heavy atom. The van der Waals surface area contributed by atoms with Gasteiger partial charge in [0.25, 0.3) is 0 Å². The smallest absolute Gasteiger partial charge is 0.308 e. The van der Waals surface area contributed by atoms with Crippen molar-refractivity contribution in [3.63, 3.8) is 0 Å². The Kier molecular flexibility index (Phi) is 3.24. The van der Waals surface area contributed by atoms with Crippen LogP contribution in [0.4, 0.5) is 24.3 Å². The first-order chi connectivity index (χ1) is 8.15. The Hall–Kier alpha value is -2.09. The van der Waals surface area contributed by atoms with Crippen LogP contribution in [0.5, 0.6) is 0 Å². The summed E-state index contributed by atoms with van der Waals surface area (Å²) in [6.45, 7) is 0. The summed E-state index contributed by atoms with van der Waals surface area (Å²) in [5, 5.41) is 8.75. The lowest BCUT2D eigenvalue weighted by Gasteiger charge is -2.05. The summed E-state index contributed by atoms with van der Waals surface area (Å²) in [4.78, 5) is 11.4. The number of halogens is 2. The van der Waals surface area contributed by atoms with Crippen LogP contribution < -0.4 is 10.6 Å². The number of benzene rings is 1. The summed E-state index contributed by atoms with van der Waals surface area (Å²) in [6.07, 6.45) is 1.37. The fourth-order valence-electron chi connectivity index (χ4n) is 1.07. The van der Waals surface area contributed by atoms with E-state index in [9.17, 15) is 13.6 Å². The van der Waals surface area contributed by atoms with Crippen LogP contribution in [0.15, 0.2) is 24.4 Å². The Morgan fingerprint density at radius 3 is 2.71 bits per heavy atom. The highest BCUT2D eigenvalue weighted by atomic mass is 32.1. The third-order valence-electron chi connectivity index (χ3n) is 1.78. The molecule has 0 unspecified atom stereocenters. The lowest BCUT2D eigenvalue weighted by atomic mass is 10.3. The van der Waals surface area contributed by atoms with E-state index in [1.165, 1.54) is 12.3 Å². The second-order valence-corrected chi connectivity index (χ2v) is 3.78. The van der Waals surface area contributed by atoms with E-state index in [1.807, 2.05) is 0 Å². The van der Waals surface area contributed by atoms with Gasteiger partial charge in [-0.2, -0.15) is 0 Å². The molecule has 0 bridgehead atoms. The van der Waals surface area contributed by atoms with Gasteiger partial charge >= 0.3 is 6.03 Å². The first kappa shape index (κ1) is 11.4. The summed E-state index contributed by atoms with van der Waals surface area (Å²) >= 11 is 1.00. The van der Waals surface area contributed by atoms with Crippen LogP contribution >= 0.6 is 11.5 Å². The van der Waals surface area contributed by atoms with Crippen LogP contribution in [-0.4, -0.2) is 15.6 Å². The molecule has 0 aliphatic carbocycles. The molecule has 1 heterocycles. The molecule has 2 N–H and O–H groups in total. The van der Waals surface area contributed by atoms with Gasteiger partial charge in [-0.05, 0) is 12.1 Å². The van der Waals surface area contributed by atoms with Crippen LogP contribution in [0.2, 0.25) is 0 Å². The van der Waals surface area contributed by atoms with Crippen LogP contribution in [0.3, 0.4) is 0 Å². The number of amides is 2. The highest BCUT2D eigenvalue weighted by Crippen LogP contribution is 2.14. The lowest BCUT2D eigenvalue weighted by molar-refractivity contribution is 0.262. The Labute approximate surface area is 98.6 Å². The number of carbonyl (C=O) groups excluding carboxylic acids is 1. The molecule has 0 radical (unpaired) electrons. The van der Waals surface area contributed by atoms with E-state index in [4.69, 9.17) is 0 Å². The zero-order chi connectivity index (χ0) is 12.3. The number of nitrogens with one attached hydrogen (secondary N) is 2. The van der Waals surface area contributed by atoms with Gasteiger partial charge in [0.2, 0.25) is 0 Å². The number of aromatic nitrogens is 2. The number of nitrogens with zero attached hydrogens (tertiary/aromatic N) is 2. The van der Waals surface area contributed by atoms with Crippen LogP contribution in [-0.2, 0) is 0 Å². The standard InChI is InChI=1S/C9H6F2N4OS/c10-6-2-1-5(3-7(6)11)13-9(16)14-8-4-12-15-17-8/h1-4H,(H2,13,14,16). The minimum atomic E-state index is -1.03. The number of rotatable bonds is 2. The van der Waals surface area contributed by atoms with Gasteiger partial charge in [-0.15, -0.1) is 5.10 Å². The molecule has 2 amide bonds. The Bertz CT molecular complexity index is 532. The number of anilines is 2. The molecule has 0 atom stereocenters. The van der Waals surface area contributed by atoms with E-state index < -0.39 is 17.7 Å². The molecule has 0 fully saturated rings. The van der Waals surface area contributed by atoms with Crippen molar-refractivity contribution in [3.05, 3.63) is 36.0 Å². The summed E-state index contributed by atoms with van der Waals surface area (Å²) in [7, 11) is 0. The zero-order valence-electron chi connectivity index (χ0n) is 8.28. The van der Waals surface area contributed by atoms with Crippen molar-refractivity contribution in [1.82, 2.24) is 9.59 Å².